The molecule has 0 spiro atoms. The summed E-state index contributed by atoms with van der Waals surface area (Å²) in [6, 6.07) is 14.9. The Labute approximate surface area is 186 Å². The van der Waals surface area contributed by atoms with Gasteiger partial charge in [0.15, 0.2) is 5.76 Å². The topological polar surface area (TPSA) is 91.7 Å². The largest absolute Gasteiger partial charge is 0.451 e. The number of fused-ring (bicyclic) bond motifs is 1. The molecular weight excluding hydrogens is 406 g/mol. The lowest BCUT2D eigenvalue weighted by molar-refractivity contribution is -0.136. The van der Waals surface area contributed by atoms with E-state index in [4.69, 9.17) is 4.42 Å². The highest BCUT2D eigenvalue weighted by Crippen LogP contribution is 2.23. The highest BCUT2D eigenvalue weighted by atomic mass is 16.3. The number of benzene rings is 2. The first-order chi connectivity index (χ1) is 15.4. The third-order valence-corrected chi connectivity index (χ3v) is 6.15. The van der Waals surface area contributed by atoms with Gasteiger partial charge in [0.05, 0.1) is 0 Å². The minimum atomic E-state index is -0.670. The van der Waals surface area contributed by atoms with E-state index in [0.717, 1.165) is 29.4 Å². The van der Waals surface area contributed by atoms with Crippen molar-refractivity contribution >= 4 is 34.4 Å². The quantitative estimate of drug-likeness (QED) is 0.615. The number of rotatable bonds is 4. The number of amides is 3. The van der Waals surface area contributed by atoms with Crippen LogP contribution >= 0.6 is 0 Å². The summed E-state index contributed by atoms with van der Waals surface area (Å²) in [6.45, 7) is 5.45. The average Bonchev–Trinajstić information content (AvgIpc) is 3.24. The minimum absolute atomic E-state index is 0.114. The Morgan fingerprint density at radius 1 is 1.00 bits per heavy atom. The first kappa shape index (κ1) is 21.6. The van der Waals surface area contributed by atoms with Crippen LogP contribution in [-0.4, -0.2) is 42.3 Å². The molecule has 1 saturated heterocycles. The van der Waals surface area contributed by atoms with Crippen LogP contribution in [0.4, 0.5) is 5.69 Å². The summed E-state index contributed by atoms with van der Waals surface area (Å²) >= 11 is 0. The van der Waals surface area contributed by atoms with Crippen LogP contribution in [0.15, 0.2) is 52.9 Å². The van der Waals surface area contributed by atoms with Gasteiger partial charge in [-0.15, -0.1) is 0 Å². The van der Waals surface area contributed by atoms with Gasteiger partial charge in [-0.1, -0.05) is 30.3 Å². The maximum Gasteiger partial charge on any atom is 0.313 e. The van der Waals surface area contributed by atoms with Gasteiger partial charge >= 0.3 is 11.8 Å². The molecule has 0 saturated carbocycles. The van der Waals surface area contributed by atoms with Crippen molar-refractivity contribution in [3.63, 3.8) is 0 Å². The number of furan rings is 1. The number of aryl methyl sites for hydroxylation is 1. The number of carbonyl (C=O) groups is 3. The fraction of sp³-hybridized carbons (Fsp3) is 0.320. The smallest absolute Gasteiger partial charge is 0.313 e. The molecule has 7 nitrogen and oxygen atoms in total. The summed E-state index contributed by atoms with van der Waals surface area (Å²) < 4.78 is 5.69. The minimum Gasteiger partial charge on any atom is -0.451 e. The summed E-state index contributed by atoms with van der Waals surface area (Å²) in [6.07, 6.45) is 1.51. The Kier molecular flexibility index (Phi) is 6.25. The standard InChI is InChI=1S/C25H27N3O4/c1-16-6-5-8-20(17(16)2)27-24(30)23(29)26-15-18-10-12-28(13-11-18)25(31)22-14-19-7-3-4-9-21(19)32-22/h3-9,14,18H,10-13,15H2,1-2H3,(H,26,29)(H,27,30). The van der Waals surface area contributed by atoms with E-state index in [-0.39, 0.29) is 11.8 Å². The fourth-order valence-electron chi connectivity index (χ4n) is 3.97. The first-order valence-electron chi connectivity index (χ1n) is 10.9. The van der Waals surface area contributed by atoms with Crippen molar-refractivity contribution in [2.45, 2.75) is 26.7 Å². The number of para-hydroxylation sites is 1. The number of carbonyl (C=O) groups excluding carboxylic acids is 3. The summed E-state index contributed by atoms with van der Waals surface area (Å²) in [5.41, 5.74) is 3.33. The monoisotopic (exact) mass is 433 g/mol. The van der Waals surface area contributed by atoms with Gasteiger partial charge in [0, 0.05) is 30.7 Å². The molecule has 0 unspecified atom stereocenters. The van der Waals surface area contributed by atoms with Crippen LogP contribution < -0.4 is 10.6 Å². The van der Waals surface area contributed by atoms with E-state index in [1.165, 1.54) is 0 Å². The van der Waals surface area contributed by atoms with Gasteiger partial charge in [0.1, 0.15) is 5.58 Å². The van der Waals surface area contributed by atoms with Crippen LogP contribution in [0.3, 0.4) is 0 Å². The second-order valence-corrected chi connectivity index (χ2v) is 8.30. The molecule has 4 rings (SSSR count). The van der Waals surface area contributed by atoms with Crippen LogP contribution in [0.2, 0.25) is 0 Å². The molecule has 1 aromatic heterocycles. The molecule has 32 heavy (non-hydrogen) atoms. The second-order valence-electron chi connectivity index (χ2n) is 8.30. The predicted molar refractivity (Wildman–Crippen MR) is 122 cm³/mol. The van der Waals surface area contributed by atoms with Crippen LogP contribution in [0.1, 0.15) is 34.5 Å². The third kappa shape index (κ3) is 4.66. The second kappa shape index (κ2) is 9.26. The van der Waals surface area contributed by atoms with Crippen LogP contribution in [0.5, 0.6) is 0 Å². The Morgan fingerprint density at radius 2 is 1.75 bits per heavy atom. The van der Waals surface area contributed by atoms with Gasteiger partial charge < -0.3 is 20.0 Å². The van der Waals surface area contributed by atoms with Crippen molar-refractivity contribution < 1.29 is 18.8 Å². The van der Waals surface area contributed by atoms with E-state index in [2.05, 4.69) is 10.6 Å². The molecule has 3 amide bonds. The van der Waals surface area contributed by atoms with E-state index >= 15 is 0 Å². The summed E-state index contributed by atoms with van der Waals surface area (Å²) in [5, 5.41) is 6.31. The molecule has 1 fully saturated rings. The van der Waals surface area contributed by atoms with Crippen molar-refractivity contribution in [2.24, 2.45) is 5.92 Å². The van der Waals surface area contributed by atoms with Gasteiger partial charge in [-0.3, -0.25) is 14.4 Å². The van der Waals surface area contributed by atoms with Crippen molar-refractivity contribution in [1.29, 1.82) is 0 Å². The van der Waals surface area contributed by atoms with Crippen LogP contribution in [-0.2, 0) is 9.59 Å². The van der Waals surface area contributed by atoms with Crippen LogP contribution in [0.25, 0.3) is 11.0 Å². The lowest BCUT2D eigenvalue weighted by Gasteiger charge is -2.31. The normalized spacial score (nSPS) is 14.4. The van der Waals surface area contributed by atoms with Gasteiger partial charge in [-0.25, -0.2) is 0 Å². The van der Waals surface area contributed by atoms with E-state index in [9.17, 15) is 14.4 Å². The Balaban J connectivity index is 1.25. The molecule has 0 bridgehead atoms. The zero-order chi connectivity index (χ0) is 22.7. The number of likely N-dealkylation sites (tertiary alicyclic amines) is 1. The molecule has 0 aliphatic carbocycles. The lowest BCUT2D eigenvalue weighted by Crippen LogP contribution is -2.43. The average molecular weight is 434 g/mol. The first-order valence-corrected chi connectivity index (χ1v) is 10.9. The zero-order valence-corrected chi connectivity index (χ0v) is 18.3. The summed E-state index contributed by atoms with van der Waals surface area (Å²) in [5.74, 6) is -0.868. The molecule has 0 radical (unpaired) electrons. The number of anilines is 1. The van der Waals surface area contributed by atoms with E-state index < -0.39 is 11.8 Å². The maximum absolute atomic E-state index is 12.8. The number of piperidine rings is 1. The van der Waals surface area contributed by atoms with E-state index in [1.807, 2.05) is 50.2 Å². The number of nitrogens with zero attached hydrogens (tertiary/aromatic N) is 1. The number of hydrogen-bond acceptors (Lipinski definition) is 4. The molecule has 3 aromatic rings. The van der Waals surface area contributed by atoms with Gasteiger partial charge in [-0.2, -0.15) is 0 Å². The molecule has 1 aliphatic heterocycles. The van der Waals surface area contributed by atoms with Crippen molar-refractivity contribution in [1.82, 2.24) is 10.2 Å². The molecular formula is C25H27N3O4. The molecule has 166 valence electrons. The molecule has 7 heteroatoms. The van der Waals surface area contributed by atoms with Crippen molar-refractivity contribution in [3.8, 4) is 0 Å². The third-order valence-electron chi connectivity index (χ3n) is 6.15. The van der Waals surface area contributed by atoms with Crippen molar-refractivity contribution in [2.75, 3.05) is 25.0 Å². The highest BCUT2D eigenvalue weighted by molar-refractivity contribution is 6.39. The van der Waals surface area contributed by atoms with Gasteiger partial charge in [0.2, 0.25) is 0 Å². The molecule has 0 atom stereocenters. The lowest BCUT2D eigenvalue weighted by atomic mass is 9.96. The Morgan fingerprint density at radius 3 is 2.50 bits per heavy atom. The SMILES string of the molecule is Cc1cccc(NC(=O)C(=O)NCC2CCN(C(=O)c3cc4ccccc4o3)CC2)c1C. The Hall–Kier alpha value is -3.61. The summed E-state index contributed by atoms with van der Waals surface area (Å²) in [7, 11) is 0. The molecule has 2 heterocycles. The van der Waals surface area contributed by atoms with Crippen molar-refractivity contribution in [3.05, 3.63) is 65.4 Å². The molecule has 1 aliphatic rings. The van der Waals surface area contributed by atoms with Gasteiger partial charge in [0.25, 0.3) is 5.91 Å². The highest BCUT2D eigenvalue weighted by Gasteiger charge is 2.26. The number of nitrogens with one attached hydrogen (secondary N) is 2. The zero-order valence-electron chi connectivity index (χ0n) is 18.3. The Bertz CT molecular complexity index is 1130. The molecule has 2 aromatic carbocycles. The fourth-order valence-corrected chi connectivity index (χ4v) is 3.97. The predicted octanol–water partition coefficient (Wildman–Crippen LogP) is 3.66. The summed E-state index contributed by atoms with van der Waals surface area (Å²) in [4.78, 5) is 39.0. The maximum atomic E-state index is 12.8. The molecule has 2 N–H and O–H groups in total. The van der Waals surface area contributed by atoms with Gasteiger partial charge in [-0.05, 0) is 61.9 Å². The van der Waals surface area contributed by atoms with Crippen LogP contribution in [0, 0.1) is 19.8 Å². The van der Waals surface area contributed by atoms with E-state index in [1.54, 1.807) is 17.0 Å². The number of hydrogen-bond donors (Lipinski definition) is 2. The van der Waals surface area contributed by atoms with E-state index in [0.29, 0.717) is 36.7 Å².